The molecule has 6 heteroatoms. The van der Waals surface area contributed by atoms with Gasteiger partial charge in [-0.15, -0.1) is 0 Å². The molecule has 0 atom stereocenters. The first-order chi connectivity index (χ1) is 14.6. The Labute approximate surface area is 178 Å². The van der Waals surface area contributed by atoms with Crippen LogP contribution >= 0.6 is 0 Å². The number of hydrogen-bond acceptors (Lipinski definition) is 6. The van der Waals surface area contributed by atoms with Gasteiger partial charge in [-0.3, -0.25) is 9.98 Å². The predicted octanol–water partition coefficient (Wildman–Crippen LogP) is 4.99. The normalized spacial score (nSPS) is 11.4. The lowest BCUT2D eigenvalue weighted by Gasteiger charge is -2.06. The van der Waals surface area contributed by atoms with Crippen molar-refractivity contribution >= 4 is 12.4 Å². The van der Waals surface area contributed by atoms with Crippen LogP contribution in [0.4, 0.5) is 0 Å². The summed E-state index contributed by atoms with van der Waals surface area (Å²) < 4.78 is 10.8. The van der Waals surface area contributed by atoms with Crippen LogP contribution in [-0.2, 0) is 0 Å². The average molecular weight is 413 g/mol. The molecule has 2 rings (SSSR count). The Morgan fingerprint density at radius 1 is 0.700 bits per heavy atom. The van der Waals surface area contributed by atoms with Gasteiger partial charge < -0.3 is 19.7 Å². The van der Waals surface area contributed by atoms with Gasteiger partial charge >= 0.3 is 0 Å². The molecule has 0 radical (unpaired) electrons. The largest absolute Gasteiger partial charge is 0.504 e. The number of ether oxygens (including phenoxy) is 2. The summed E-state index contributed by atoms with van der Waals surface area (Å²) in [5, 5.41) is 19.4. The molecule has 0 aliphatic carbocycles. The van der Waals surface area contributed by atoms with Gasteiger partial charge in [0, 0.05) is 25.5 Å². The molecule has 0 bridgehead atoms. The van der Waals surface area contributed by atoms with Crippen molar-refractivity contribution in [3.63, 3.8) is 0 Å². The SMILES string of the molecule is CCOc1cc(C=NCCCCCCN=Cc2ccc(O)c(OCC)c2)ccc1O. The van der Waals surface area contributed by atoms with E-state index < -0.39 is 0 Å². The molecule has 0 aliphatic rings. The van der Waals surface area contributed by atoms with Gasteiger partial charge in [-0.25, -0.2) is 0 Å². The van der Waals surface area contributed by atoms with Gasteiger partial charge in [0.2, 0.25) is 0 Å². The van der Waals surface area contributed by atoms with E-state index in [4.69, 9.17) is 9.47 Å². The minimum absolute atomic E-state index is 0.150. The molecule has 0 amide bonds. The molecule has 2 aromatic carbocycles. The number of hydrogen-bond donors (Lipinski definition) is 2. The minimum atomic E-state index is 0.150. The van der Waals surface area contributed by atoms with Gasteiger partial charge in [0.1, 0.15) is 0 Å². The lowest BCUT2D eigenvalue weighted by Crippen LogP contribution is -1.94. The summed E-state index contributed by atoms with van der Waals surface area (Å²) in [5.41, 5.74) is 1.85. The van der Waals surface area contributed by atoms with Crippen molar-refractivity contribution in [1.82, 2.24) is 0 Å². The number of rotatable bonds is 13. The second-order valence-corrected chi connectivity index (χ2v) is 6.81. The Morgan fingerprint density at radius 2 is 1.13 bits per heavy atom. The number of phenolic OH excluding ortho intramolecular Hbond substituents is 2. The molecule has 6 nitrogen and oxygen atoms in total. The lowest BCUT2D eigenvalue weighted by molar-refractivity contribution is 0.318. The summed E-state index contributed by atoms with van der Waals surface area (Å²) in [4.78, 5) is 8.90. The van der Waals surface area contributed by atoms with Crippen molar-refractivity contribution in [3.05, 3.63) is 47.5 Å². The highest BCUT2D eigenvalue weighted by molar-refractivity contribution is 5.81. The van der Waals surface area contributed by atoms with Crippen molar-refractivity contribution in [1.29, 1.82) is 0 Å². The molecule has 0 unspecified atom stereocenters. The standard InChI is InChI=1S/C24H32N2O4/c1-3-29-23-15-19(9-11-21(23)27)17-25-13-7-5-6-8-14-26-18-20-10-12-22(28)24(16-20)30-4-2/h9-12,15-18,27-28H,3-8,13-14H2,1-2H3. The molecule has 162 valence electrons. The van der Waals surface area contributed by atoms with Crippen LogP contribution in [0.1, 0.15) is 50.7 Å². The molecule has 0 aromatic heterocycles. The van der Waals surface area contributed by atoms with Crippen molar-refractivity contribution in [2.24, 2.45) is 9.98 Å². The molecule has 0 heterocycles. The van der Waals surface area contributed by atoms with Gasteiger partial charge in [-0.1, -0.05) is 12.8 Å². The highest BCUT2D eigenvalue weighted by Crippen LogP contribution is 2.27. The summed E-state index contributed by atoms with van der Waals surface area (Å²) >= 11 is 0. The Bertz CT molecular complexity index is 764. The van der Waals surface area contributed by atoms with Gasteiger partial charge in [0.15, 0.2) is 23.0 Å². The van der Waals surface area contributed by atoms with E-state index in [2.05, 4.69) is 9.98 Å². The first-order valence-corrected chi connectivity index (χ1v) is 10.5. The van der Waals surface area contributed by atoms with Crippen molar-refractivity contribution < 1.29 is 19.7 Å². The van der Waals surface area contributed by atoms with Crippen molar-refractivity contribution in [2.45, 2.75) is 39.5 Å². The van der Waals surface area contributed by atoms with Crippen LogP contribution in [0, 0.1) is 0 Å². The Kier molecular flexibility index (Phi) is 10.3. The van der Waals surface area contributed by atoms with E-state index in [1.165, 1.54) is 0 Å². The van der Waals surface area contributed by atoms with Gasteiger partial charge in [0.25, 0.3) is 0 Å². The minimum Gasteiger partial charge on any atom is -0.504 e. The van der Waals surface area contributed by atoms with Crippen molar-refractivity contribution in [2.75, 3.05) is 26.3 Å². The van der Waals surface area contributed by atoms with E-state index in [0.717, 1.165) is 49.9 Å². The first-order valence-electron chi connectivity index (χ1n) is 10.5. The molecule has 30 heavy (non-hydrogen) atoms. The van der Waals surface area contributed by atoms with Crippen LogP contribution in [0.15, 0.2) is 46.4 Å². The smallest absolute Gasteiger partial charge is 0.161 e. The summed E-state index contributed by atoms with van der Waals surface area (Å²) in [6.07, 6.45) is 7.93. The fourth-order valence-corrected chi connectivity index (χ4v) is 2.86. The molecule has 2 aromatic rings. The number of nitrogens with zero attached hydrogens (tertiary/aromatic N) is 2. The second-order valence-electron chi connectivity index (χ2n) is 6.81. The Morgan fingerprint density at radius 3 is 1.53 bits per heavy atom. The quantitative estimate of drug-likeness (QED) is 0.358. The maximum Gasteiger partial charge on any atom is 0.161 e. The highest BCUT2D eigenvalue weighted by Gasteiger charge is 2.02. The second kappa shape index (κ2) is 13.2. The summed E-state index contributed by atoms with van der Waals surface area (Å²) in [5.74, 6) is 1.28. The molecule has 0 aliphatic heterocycles. The zero-order valence-corrected chi connectivity index (χ0v) is 17.9. The van der Waals surface area contributed by atoms with Gasteiger partial charge in [-0.2, -0.15) is 0 Å². The van der Waals surface area contributed by atoms with Gasteiger partial charge in [0.05, 0.1) is 13.2 Å². The van der Waals surface area contributed by atoms with Crippen molar-refractivity contribution in [3.8, 4) is 23.0 Å². The maximum absolute atomic E-state index is 9.71. The maximum atomic E-state index is 9.71. The van der Waals surface area contributed by atoms with Crippen LogP contribution in [0.25, 0.3) is 0 Å². The monoisotopic (exact) mass is 412 g/mol. The fraction of sp³-hybridized carbons (Fsp3) is 0.417. The van der Waals surface area contributed by atoms with Crippen LogP contribution in [0.2, 0.25) is 0 Å². The summed E-state index contributed by atoms with van der Waals surface area (Å²) in [7, 11) is 0. The molecule has 0 spiro atoms. The van der Waals surface area contributed by atoms with Crippen LogP contribution < -0.4 is 9.47 Å². The topological polar surface area (TPSA) is 83.6 Å². The molecule has 0 saturated heterocycles. The van der Waals surface area contributed by atoms with E-state index in [0.29, 0.717) is 24.7 Å². The number of unbranched alkanes of at least 4 members (excludes halogenated alkanes) is 3. The Balaban J connectivity index is 1.61. The van der Waals surface area contributed by atoms with Crippen LogP contribution in [0.5, 0.6) is 23.0 Å². The van der Waals surface area contributed by atoms with Crippen LogP contribution in [-0.4, -0.2) is 48.9 Å². The van der Waals surface area contributed by atoms with E-state index in [9.17, 15) is 10.2 Å². The first kappa shape index (κ1) is 23.3. The zero-order chi connectivity index (χ0) is 21.6. The molecule has 0 saturated carbocycles. The third-order valence-electron chi connectivity index (χ3n) is 4.37. The zero-order valence-electron chi connectivity index (χ0n) is 17.9. The fourth-order valence-electron chi connectivity index (χ4n) is 2.86. The number of phenols is 2. The van der Waals surface area contributed by atoms with E-state index in [-0.39, 0.29) is 11.5 Å². The predicted molar refractivity (Wildman–Crippen MR) is 122 cm³/mol. The van der Waals surface area contributed by atoms with Crippen LogP contribution in [0.3, 0.4) is 0 Å². The number of aromatic hydroxyl groups is 2. The average Bonchev–Trinajstić information content (AvgIpc) is 2.74. The molecular weight excluding hydrogens is 380 g/mol. The summed E-state index contributed by atoms with van der Waals surface area (Å²) in [6.45, 7) is 6.36. The van der Waals surface area contributed by atoms with Gasteiger partial charge in [-0.05, 0) is 74.2 Å². The number of aliphatic imine (C=N–C) groups is 2. The third kappa shape index (κ3) is 8.15. The third-order valence-corrected chi connectivity index (χ3v) is 4.37. The molecular formula is C24H32N2O4. The van der Waals surface area contributed by atoms with E-state index in [1.54, 1.807) is 24.3 Å². The molecule has 0 fully saturated rings. The van der Waals surface area contributed by atoms with E-state index >= 15 is 0 Å². The van der Waals surface area contributed by atoms with E-state index in [1.807, 2.05) is 38.4 Å². The highest BCUT2D eigenvalue weighted by atomic mass is 16.5. The molecule has 2 N–H and O–H groups in total. The Hall–Kier alpha value is -3.02. The number of benzene rings is 2. The lowest BCUT2D eigenvalue weighted by atomic mass is 10.2. The summed E-state index contributed by atoms with van der Waals surface area (Å²) in [6, 6.07) is 10.5.